The summed E-state index contributed by atoms with van der Waals surface area (Å²) in [5.74, 6) is -0.409. The van der Waals surface area contributed by atoms with Crippen LogP contribution in [0.2, 0.25) is 5.02 Å². The topological polar surface area (TPSA) is 23.5 Å². The molecule has 2 nitrogen and oxygen atoms in total. The highest BCUT2D eigenvalue weighted by Crippen LogP contribution is 2.17. The number of hydrogen-bond donors (Lipinski definition) is 1. The Morgan fingerprint density at radius 2 is 1.70 bits per heavy atom. The fourth-order valence-electron chi connectivity index (χ4n) is 2.09. The van der Waals surface area contributed by atoms with Crippen LogP contribution in [-0.2, 0) is 13.1 Å². The van der Waals surface area contributed by atoms with E-state index in [4.69, 9.17) is 16.7 Å². The minimum Gasteiger partial charge on any atom is -0.395 e. The fraction of sp³-hybridized carbons (Fsp3) is 0.250. The van der Waals surface area contributed by atoms with E-state index >= 15 is 0 Å². The van der Waals surface area contributed by atoms with Gasteiger partial charge in [-0.3, -0.25) is 4.90 Å². The molecule has 0 heterocycles. The minimum absolute atomic E-state index is 0.0723. The second-order valence-corrected chi connectivity index (χ2v) is 5.08. The van der Waals surface area contributed by atoms with Crippen molar-refractivity contribution in [3.8, 4) is 0 Å². The van der Waals surface area contributed by atoms with Gasteiger partial charge in [-0.15, -0.1) is 0 Å². The van der Waals surface area contributed by atoms with Gasteiger partial charge in [0.1, 0.15) is 5.82 Å². The molecule has 0 unspecified atom stereocenters. The summed E-state index contributed by atoms with van der Waals surface area (Å²) in [4.78, 5) is 2.07. The normalized spacial score (nSPS) is 11.0. The molecule has 0 radical (unpaired) electrons. The summed E-state index contributed by atoms with van der Waals surface area (Å²) in [6, 6.07) is 14.8. The molecule has 106 valence electrons. The highest BCUT2D eigenvalue weighted by atomic mass is 35.5. The van der Waals surface area contributed by atoms with Crippen LogP contribution >= 0.6 is 11.6 Å². The second-order valence-electron chi connectivity index (χ2n) is 4.67. The van der Waals surface area contributed by atoms with E-state index < -0.39 is 5.82 Å². The SMILES string of the molecule is OCCN(Cc1ccccc1)Cc1ccc(Cl)c(F)c1. The second kappa shape index (κ2) is 7.39. The molecule has 0 aliphatic heterocycles. The van der Waals surface area contributed by atoms with Crippen molar-refractivity contribution in [2.24, 2.45) is 0 Å². The molecular weight excluding hydrogens is 277 g/mol. The summed E-state index contributed by atoms with van der Waals surface area (Å²) in [6.07, 6.45) is 0. The molecule has 0 spiro atoms. The molecular formula is C16H17ClFNO. The highest BCUT2D eigenvalue weighted by molar-refractivity contribution is 6.30. The number of aliphatic hydroxyl groups excluding tert-OH is 1. The lowest BCUT2D eigenvalue weighted by atomic mass is 10.1. The summed E-state index contributed by atoms with van der Waals surface area (Å²) >= 11 is 5.68. The fourth-order valence-corrected chi connectivity index (χ4v) is 2.21. The number of benzene rings is 2. The number of rotatable bonds is 6. The van der Waals surface area contributed by atoms with Gasteiger partial charge in [0.25, 0.3) is 0 Å². The van der Waals surface area contributed by atoms with E-state index in [1.807, 2.05) is 30.3 Å². The van der Waals surface area contributed by atoms with E-state index in [1.165, 1.54) is 6.07 Å². The number of halogens is 2. The van der Waals surface area contributed by atoms with E-state index in [0.29, 0.717) is 19.6 Å². The average molecular weight is 294 g/mol. The smallest absolute Gasteiger partial charge is 0.142 e. The molecule has 2 aromatic rings. The average Bonchev–Trinajstić information content (AvgIpc) is 2.44. The monoisotopic (exact) mass is 293 g/mol. The van der Waals surface area contributed by atoms with Crippen molar-refractivity contribution in [2.45, 2.75) is 13.1 Å². The van der Waals surface area contributed by atoms with Gasteiger partial charge in [-0.05, 0) is 23.3 Å². The van der Waals surface area contributed by atoms with Gasteiger partial charge in [0, 0.05) is 19.6 Å². The van der Waals surface area contributed by atoms with E-state index in [0.717, 1.165) is 11.1 Å². The van der Waals surface area contributed by atoms with Crippen LogP contribution in [0.5, 0.6) is 0 Å². The molecule has 2 aromatic carbocycles. The van der Waals surface area contributed by atoms with E-state index in [1.54, 1.807) is 12.1 Å². The zero-order valence-corrected chi connectivity index (χ0v) is 11.9. The van der Waals surface area contributed by atoms with Crippen molar-refractivity contribution >= 4 is 11.6 Å². The van der Waals surface area contributed by atoms with Gasteiger partial charge in [0.15, 0.2) is 0 Å². The quantitative estimate of drug-likeness (QED) is 0.881. The van der Waals surface area contributed by atoms with Crippen LogP contribution in [0, 0.1) is 5.82 Å². The lowest BCUT2D eigenvalue weighted by molar-refractivity contribution is 0.184. The van der Waals surface area contributed by atoms with Crippen LogP contribution in [-0.4, -0.2) is 23.2 Å². The Kier molecular flexibility index (Phi) is 5.53. The molecule has 0 saturated heterocycles. The number of nitrogens with zero attached hydrogens (tertiary/aromatic N) is 1. The first-order chi connectivity index (χ1) is 9.69. The first kappa shape index (κ1) is 15.0. The zero-order chi connectivity index (χ0) is 14.4. The van der Waals surface area contributed by atoms with Gasteiger partial charge in [-0.1, -0.05) is 48.0 Å². The molecule has 0 aliphatic carbocycles. The van der Waals surface area contributed by atoms with Crippen LogP contribution in [0.1, 0.15) is 11.1 Å². The third-order valence-corrected chi connectivity index (χ3v) is 3.36. The molecule has 2 rings (SSSR count). The molecule has 0 aliphatic rings. The van der Waals surface area contributed by atoms with Gasteiger partial charge in [0.05, 0.1) is 11.6 Å². The number of hydrogen-bond acceptors (Lipinski definition) is 2. The van der Waals surface area contributed by atoms with E-state index in [2.05, 4.69) is 4.90 Å². The van der Waals surface area contributed by atoms with Crippen molar-refractivity contribution in [1.29, 1.82) is 0 Å². The van der Waals surface area contributed by atoms with Crippen LogP contribution in [0.15, 0.2) is 48.5 Å². The summed E-state index contributed by atoms with van der Waals surface area (Å²) in [5.41, 5.74) is 2.01. The third-order valence-electron chi connectivity index (χ3n) is 3.06. The Balaban J connectivity index is 2.06. The van der Waals surface area contributed by atoms with Gasteiger partial charge in [0.2, 0.25) is 0 Å². The lowest BCUT2D eigenvalue weighted by Crippen LogP contribution is -2.26. The first-order valence-electron chi connectivity index (χ1n) is 6.50. The molecule has 1 N–H and O–H groups in total. The maximum atomic E-state index is 13.4. The largest absolute Gasteiger partial charge is 0.395 e. The molecule has 20 heavy (non-hydrogen) atoms. The van der Waals surface area contributed by atoms with Crippen LogP contribution in [0.25, 0.3) is 0 Å². The molecule has 0 saturated carbocycles. The molecule has 4 heteroatoms. The van der Waals surface area contributed by atoms with Crippen molar-refractivity contribution in [3.63, 3.8) is 0 Å². The van der Waals surface area contributed by atoms with E-state index in [9.17, 15) is 4.39 Å². The first-order valence-corrected chi connectivity index (χ1v) is 6.88. The summed E-state index contributed by atoms with van der Waals surface area (Å²) in [5, 5.41) is 9.28. The Labute approximate surface area is 123 Å². The molecule has 0 aromatic heterocycles. The van der Waals surface area contributed by atoms with Gasteiger partial charge < -0.3 is 5.11 Å². The van der Waals surface area contributed by atoms with Crippen molar-refractivity contribution in [1.82, 2.24) is 4.90 Å². The van der Waals surface area contributed by atoms with Crippen molar-refractivity contribution in [2.75, 3.05) is 13.2 Å². The molecule has 0 fully saturated rings. The standard InChI is InChI=1S/C16H17ClFNO/c17-15-7-6-14(10-16(15)18)12-19(8-9-20)11-13-4-2-1-3-5-13/h1-7,10,20H,8-9,11-12H2. The van der Waals surface area contributed by atoms with Gasteiger partial charge in [-0.2, -0.15) is 0 Å². The zero-order valence-electron chi connectivity index (χ0n) is 11.1. The molecule has 0 amide bonds. The van der Waals surface area contributed by atoms with Crippen LogP contribution in [0.3, 0.4) is 0 Å². The van der Waals surface area contributed by atoms with Gasteiger partial charge >= 0.3 is 0 Å². The van der Waals surface area contributed by atoms with Crippen molar-refractivity contribution < 1.29 is 9.50 Å². The van der Waals surface area contributed by atoms with Gasteiger partial charge in [-0.25, -0.2) is 4.39 Å². The molecule has 0 atom stereocenters. The minimum atomic E-state index is -0.409. The lowest BCUT2D eigenvalue weighted by Gasteiger charge is -2.21. The summed E-state index contributed by atoms with van der Waals surface area (Å²) in [7, 11) is 0. The predicted molar refractivity (Wildman–Crippen MR) is 79.1 cm³/mol. The predicted octanol–water partition coefficient (Wildman–Crippen LogP) is 3.47. The van der Waals surface area contributed by atoms with E-state index in [-0.39, 0.29) is 11.6 Å². The molecule has 0 bridgehead atoms. The number of aliphatic hydroxyl groups is 1. The van der Waals surface area contributed by atoms with Crippen LogP contribution < -0.4 is 0 Å². The Morgan fingerprint density at radius 3 is 2.35 bits per heavy atom. The highest BCUT2D eigenvalue weighted by Gasteiger charge is 2.08. The maximum Gasteiger partial charge on any atom is 0.142 e. The third kappa shape index (κ3) is 4.30. The van der Waals surface area contributed by atoms with Crippen LogP contribution in [0.4, 0.5) is 4.39 Å². The maximum absolute atomic E-state index is 13.4. The Bertz CT molecular complexity index is 547. The van der Waals surface area contributed by atoms with Crippen molar-refractivity contribution in [3.05, 3.63) is 70.5 Å². The summed E-state index contributed by atoms with van der Waals surface area (Å²) in [6.45, 7) is 1.90. The summed E-state index contributed by atoms with van der Waals surface area (Å²) < 4.78 is 13.4. The Hall–Kier alpha value is -1.42. The Morgan fingerprint density at radius 1 is 1.00 bits per heavy atom.